The van der Waals surface area contributed by atoms with Gasteiger partial charge in [0.2, 0.25) is 0 Å². The molecule has 0 radical (unpaired) electrons. The Labute approximate surface area is 306 Å². The molecule has 0 fully saturated rings. The summed E-state index contributed by atoms with van der Waals surface area (Å²) in [5, 5.41) is 4.49. The van der Waals surface area contributed by atoms with Gasteiger partial charge in [-0.1, -0.05) is 164 Å². The van der Waals surface area contributed by atoms with E-state index in [1.807, 2.05) is 30.3 Å². The highest BCUT2D eigenvalue weighted by atomic mass is 16.3. The van der Waals surface area contributed by atoms with Crippen LogP contribution in [-0.4, -0.2) is 15.0 Å². The van der Waals surface area contributed by atoms with Crippen molar-refractivity contribution < 1.29 is 4.42 Å². The maximum Gasteiger partial charge on any atom is 0.164 e. The molecule has 248 valence electrons. The van der Waals surface area contributed by atoms with Crippen molar-refractivity contribution in [1.82, 2.24) is 15.0 Å². The van der Waals surface area contributed by atoms with Gasteiger partial charge in [-0.2, -0.15) is 0 Å². The maximum atomic E-state index is 6.21. The van der Waals surface area contributed by atoms with Crippen LogP contribution in [0.25, 0.3) is 100 Å². The van der Waals surface area contributed by atoms with Gasteiger partial charge in [-0.3, -0.25) is 0 Å². The third-order valence-electron chi connectivity index (χ3n) is 9.95. The largest absolute Gasteiger partial charge is 0.456 e. The number of rotatable bonds is 6. The SMILES string of the molecule is c1ccc(-c2ccc(-c3nc(-c4ccc(-c5ccccc5)cc4)nc(-c4ccc5ccc(-c6cccc7oc8ccccc8c67)cc5c4)n3)cc2)cc1. The van der Waals surface area contributed by atoms with Gasteiger partial charge in [0.05, 0.1) is 0 Å². The Balaban J connectivity index is 1.09. The van der Waals surface area contributed by atoms with Crippen LogP contribution in [0.1, 0.15) is 0 Å². The predicted octanol–water partition coefficient (Wildman–Crippen LogP) is 12.9. The molecule has 4 heteroatoms. The topological polar surface area (TPSA) is 51.8 Å². The van der Waals surface area contributed by atoms with Crippen LogP contribution in [0, 0.1) is 0 Å². The Hall–Kier alpha value is -7.17. The van der Waals surface area contributed by atoms with E-state index in [2.05, 4.69) is 158 Å². The lowest BCUT2D eigenvalue weighted by atomic mass is 9.96. The summed E-state index contributed by atoms with van der Waals surface area (Å²) in [4.78, 5) is 15.2. The Morgan fingerprint density at radius 1 is 0.302 bits per heavy atom. The van der Waals surface area contributed by atoms with Crippen molar-refractivity contribution in [2.75, 3.05) is 0 Å². The van der Waals surface area contributed by atoms with Gasteiger partial charge in [-0.15, -0.1) is 0 Å². The molecule has 10 aromatic rings. The summed E-state index contributed by atoms with van der Waals surface area (Å²) in [5.74, 6) is 1.88. The molecule has 0 atom stereocenters. The molecular weight excluding hydrogens is 647 g/mol. The van der Waals surface area contributed by atoms with E-state index in [4.69, 9.17) is 19.4 Å². The molecule has 0 saturated heterocycles. The van der Waals surface area contributed by atoms with Crippen molar-refractivity contribution in [2.24, 2.45) is 0 Å². The monoisotopic (exact) mass is 677 g/mol. The molecule has 4 nitrogen and oxygen atoms in total. The summed E-state index contributed by atoms with van der Waals surface area (Å²) in [6, 6.07) is 65.3. The van der Waals surface area contributed by atoms with Crippen LogP contribution in [0.2, 0.25) is 0 Å². The number of para-hydroxylation sites is 1. The average Bonchev–Trinajstić information content (AvgIpc) is 3.63. The molecule has 0 N–H and O–H groups in total. The molecule has 0 spiro atoms. The zero-order valence-electron chi connectivity index (χ0n) is 28.6. The zero-order valence-corrected chi connectivity index (χ0v) is 28.6. The standard InChI is InChI=1S/C49H31N3O/c1-3-10-32(11-4-1)34-18-24-37(25-19-34)47-50-48(38-26-20-35(21-27-38)33-12-5-2-6-13-33)52-49(51-47)40-29-23-36-22-28-39(30-41(36)31-40)42-15-9-17-45-46(42)43-14-7-8-16-44(43)53-45/h1-31H. The van der Waals surface area contributed by atoms with Gasteiger partial charge in [0, 0.05) is 27.5 Å². The molecular formula is C49H31N3O. The van der Waals surface area contributed by atoms with Gasteiger partial charge >= 0.3 is 0 Å². The Bertz CT molecular complexity index is 2810. The second kappa shape index (κ2) is 12.9. The van der Waals surface area contributed by atoms with Crippen molar-refractivity contribution in [3.8, 4) is 67.5 Å². The van der Waals surface area contributed by atoms with E-state index >= 15 is 0 Å². The lowest BCUT2D eigenvalue weighted by Crippen LogP contribution is -2.00. The normalized spacial score (nSPS) is 11.4. The van der Waals surface area contributed by atoms with E-state index in [0.29, 0.717) is 17.5 Å². The molecule has 2 aromatic heterocycles. The summed E-state index contributed by atoms with van der Waals surface area (Å²) in [6.07, 6.45) is 0. The summed E-state index contributed by atoms with van der Waals surface area (Å²) in [6.45, 7) is 0. The van der Waals surface area contributed by atoms with Gasteiger partial charge in [-0.25, -0.2) is 15.0 Å². The van der Waals surface area contributed by atoms with Crippen molar-refractivity contribution in [3.05, 3.63) is 188 Å². The van der Waals surface area contributed by atoms with E-state index in [1.165, 1.54) is 11.1 Å². The van der Waals surface area contributed by atoms with Gasteiger partial charge in [-0.05, 0) is 68.4 Å². The molecule has 0 saturated carbocycles. The maximum absolute atomic E-state index is 6.21. The van der Waals surface area contributed by atoms with Crippen LogP contribution in [0.3, 0.4) is 0 Å². The van der Waals surface area contributed by atoms with Crippen molar-refractivity contribution in [2.45, 2.75) is 0 Å². The van der Waals surface area contributed by atoms with Crippen LogP contribution >= 0.6 is 0 Å². The van der Waals surface area contributed by atoms with Crippen LogP contribution in [0.5, 0.6) is 0 Å². The van der Waals surface area contributed by atoms with E-state index in [9.17, 15) is 0 Å². The van der Waals surface area contributed by atoms with E-state index in [0.717, 1.165) is 71.7 Å². The summed E-state index contributed by atoms with van der Waals surface area (Å²) in [5.41, 5.74) is 11.5. The van der Waals surface area contributed by atoms with E-state index < -0.39 is 0 Å². The molecule has 0 aliphatic carbocycles. The highest BCUT2D eigenvalue weighted by Crippen LogP contribution is 2.38. The van der Waals surface area contributed by atoms with E-state index in [-0.39, 0.29) is 0 Å². The molecule has 0 amide bonds. The molecule has 0 aliphatic rings. The fourth-order valence-electron chi connectivity index (χ4n) is 7.22. The Morgan fingerprint density at radius 2 is 0.755 bits per heavy atom. The lowest BCUT2D eigenvalue weighted by molar-refractivity contribution is 0.669. The predicted molar refractivity (Wildman–Crippen MR) is 217 cm³/mol. The average molecular weight is 678 g/mol. The third kappa shape index (κ3) is 5.73. The van der Waals surface area contributed by atoms with Gasteiger partial charge in [0.25, 0.3) is 0 Å². The summed E-state index contributed by atoms with van der Waals surface area (Å²) in [7, 11) is 0. The third-order valence-corrected chi connectivity index (χ3v) is 9.95. The second-order valence-corrected chi connectivity index (χ2v) is 13.2. The number of nitrogens with zero attached hydrogens (tertiary/aromatic N) is 3. The van der Waals surface area contributed by atoms with Gasteiger partial charge in [0.15, 0.2) is 17.5 Å². The summed E-state index contributed by atoms with van der Waals surface area (Å²) >= 11 is 0. The Morgan fingerprint density at radius 3 is 1.38 bits per heavy atom. The fraction of sp³-hybridized carbons (Fsp3) is 0. The molecule has 0 unspecified atom stereocenters. The first-order chi connectivity index (χ1) is 26.2. The molecule has 8 aromatic carbocycles. The zero-order chi connectivity index (χ0) is 35.1. The first-order valence-electron chi connectivity index (χ1n) is 17.8. The van der Waals surface area contributed by atoms with Crippen molar-refractivity contribution in [3.63, 3.8) is 0 Å². The van der Waals surface area contributed by atoms with Gasteiger partial charge < -0.3 is 4.42 Å². The first kappa shape index (κ1) is 30.6. The number of aromatic nitrogens is 3. The van der Waals surface area contributed by atoms with Crippen LogP contribution in [0.4, 0.5) is 0 Å². The number of benzene rings is 8. The second-order valence-electron chi connectivity index (χ2n) is 13.2. The van der Waals surface area contributed by atoms with Crippen LogP contribution in [-0.2, 0) is 0 Å². The number of hydrogen-bond acceptors (Lipinski definition) is 4. The van der Waals surface area contributed by atoms with Crippen molar-refractivity contribution in [1.29, 1.82) is 0 Å². The molecule has 2 heterocycles. The Kier molecular flexibility index (Phi) is 7.43. The minimum atomic E-state index is 0.625. The highest BCUT2D eigenvalue weighted by Gasteiger charge is 2.15. The summed E-state index contributed by atoms with van der Waals surface area (Å²) < 4.78 is 6.21. The molecule has 0 bridgehead atoms. The lowest BCUT2D eigenvalue weighted by Gasteiger charge is -2.11. The van der Waals surface area contributed by atoms with E-state index in [1.54, 1.807) is 0 Å². The van der Waals surface area contributed by atoms with Crippen molar-refractivity contribution >= 4 is 32.7 Å². The van der Waals surface area contributed by atoms with Gasteiger partial charge in [0.1, 0.15) is 11.2 Å². The molecule has 10 rings (SSSR count). The smallest absolute Gasteiger partial charge is 0.164 e. The quantitative estimate of drug-likeness (QED) is 0.176. The number of fused-ring (bicyclic) bond motifs is 4. The van der Waals surface area contributed by atoms with Crippen LogP contribution < -0.4 is 0 Å². The number of hydrogen-bond donors (Lipinski definition) is 0. The minimum absolute atomic E-state index is 0.625. The fourth-order valence-corrected chi connectivity index (χ4v) is 7.22. The molecule has 53 heavy (non-hydrogen) atoms. The number of furan rings is 1. The molecule has 0 aliphatic heterocycles. The highest BCUT2D eigenvalue weighted by molar-refractivity contribution is 6.12. The minimum Gasteiger partial charge on any atom is -0.456 e. The van der Waals surface area contributed by atoms with Crippen LogP contribution in [0.15, 0.2) is 192 Å². The first-order valence-corrected chi connectivity index (χ1v) is 17.8.